The first-order valence-corrected chi connectivity index (χ1v) is 11.1. The number of anilines is 1. The topological polar surface area (TPSA) is 73.2 Å². The Bertz CT molecular complexity index is 1130. The van der Waals surface area contributed by atoms with Crippen molar-refractivity contribution >= 4 is 29.3 Å². The molecule has 0 aliphatic carbocycles. The maximum absolute atomic E-state index is 13.4. The minimum Gasteiger partial charge on any atom is -0.354 e. The first-order valence-electron chi connectivity index (χ1n) is 10.2. The molecule has 2 amide bonds. The fourth-order valence-corrected chi connectivity index (χ4v) is 4.75. The Hall–Kier alpha value is -3.25. The molecule has 172 valence electrons. The van der Waals surface area contributed by atoms with Gasteiger partial charge in [0.2, 0.25) is 5.91 Å². The van der Waals surface area contributed by atoms with Crippen molar-refractivity contribution in [2.24, 2.45) is 0 Å². The van der Waals surface area contributed by atoms with Crippen molar-refractivity contribution < 1.29 is 22.8 Å². The van der Waals surface area contributed by atoms with Crippen LogP contribution in [0.15, 0.2) is 59.1 Å². The van der Waals surface area contributed by atoms with Gasteiger partial charge in [-0.2, -0.15) is 18.4 Å². The predicted molar refractivity (Wildman–Crippen MR) is 121 cm³/mol. The smallest absolute Gasteiger partial charge is 0.354 e. The Morgan fingerprint density at radius 2 is 1.88 bits per heavy atom. The molecule has 1 saturated heterocycles. The number of halogens is 3. The number of benzene rings is 2. The van der Waals surface area contributed by atoms with Crippen molar-refractivity contribution in [2.45, 2.75) is 37.6 Å². The highest BCUT2D eigenvalue weighted by Gasteiger charge is 2.41. The van der Waals surface area contributed by atoms with Gasteiger partial charge in [-0.15, -0.1) is 0 Å². The number of nitriles is 1. The van der Waals surface area contributed by atoms with Gasteiger partial charge in [-0.1, -0.05) is 55.9 Å². The first-order chi connectivity index (χ1) is 15.6. The lowest BCUT2D eigenvalue weighted by molar-refractivity contribution is -0.137. The van der Waals surface area contributed by atoms with Crippen LogP contribution in [0.5, 0.6) is 0 Å². The quantitative estimate of drug-likeness (QED) is 0.490. The van der Waals surface area contributed by atoms with Gasteiger partial charge >= 0.3 is 6.18 Å². The molecule has 1 aliphatic heterocycles. The second kappa shape index (κ2) is 9.71. The van der Waals surface area contributed by atoms with Crippen molar-refractivity contribution in [3.63, 3.8) is 0 Å². The zero-order valence-corrected chi connectivity index (χ0v) is 19.1. The lowest BCUT2D eigenvalue weighted by atomic mass is 10.0. The highest BCUT2D eigenvalue weighted by molar-refractivity contribution is 8.05. The van der Waals surface area contributed by atoms with Gasteiger partial charge in [-0.3, -0.25) is 14.5 Å². The van der Waals surface area contributed by atoms with Gasteiger partial charge in [0.05, 0.1) is 10.8 Å². The summed E-state index contributed by atoms with van der Waals surface area (Å²) >= 11 is 1.01. The fourth-order valence-electron chi connectivity index (χ4n) is 3.44. The Kier molecular flexibility index (Phi) is 7.18. The summed E-state index contributed by atoms with van der Waals surface area (Å²) in [5.41, 5.74) is 0.849. The van der Waals surface area contributed by atoms with E-state index in [1.165, 1.54) is 24.1 Å². The number of nitrogens with one attached hydrogen (secondary N) is 1. The van der Waals surface area contributed by atoms with Gasteiger partial charge in [-0.25, -0.2) is 0 Å². The third kappa shape index (κ3) is 5.22. The van der Waals surface area contributed by atoms with Crippen LogP contribution in [0.2, 0.25) is 0 Å². The number of rotatable bonds is 5. The van der Waals surface area contributed by atoms with Gasteiger partial charge in [0.15, 0.2) is 0 Å². The molecule has 2 aromatic rings. The summed E-state index contributed by atoms with van der Waals surface area (Å²) in [5.74, 6) is -0.774. The predicted octanol–water partition coefficient (Wildman–Crippen LogP) is 5.00. The van der Waals surface area contributed by atoms with Gasteiger partial charge < -0.3 is 5.32 Å². The van der Waals surface area contributed by atoms with Crippen LogP contribution in [0.1, 0.15) is 36.5 Å². The van der Waals surface area contributed by atoms with Crippen molar-refractivity contribution in [2.75, 3.05) is 11.9 Å². The molecule has 2 aromatic carbocycles. The van der Waals surface area contributed by atoms with Crippen LogP contribution < -0.4 is 10.2 Å². The summed E-state index contributed by atoms with van der Waals surface area (Å²) in [7, 11) is 1.38. The minimum atomic E-state index is -4.49. The zero-order valence-electron chi connectivity index (χ0n) is 18.2. The van der Waals surface area contributed by atoms with Gasteiger partial charge in [-0.05, 0) is 41.7 Å². The van der Waals surface area contributed by atoms with Crippen molar-refractivity contribution in [3.05, 3.63) is 75.8 Å². The van der Waals surface area contributed by atoms with Crippen molar-refractivity contribution in [1.29, 1.82) is 5.26 Å². The molecule has 1 unspecified atom stereocenters. The lowest BCUT2D eigenvalue weighted by Crippen LogP contribution is -2.31. The Labute approximate surface area is 194 Å². The van der Waals surface area contributed by atoms with Crippen molar-refractivity contribution in [3.8, 4) is 6.07 Å². The van der Waals surface area contributed by atoms with Gasteiger partial charge in [0, 0.05) is 12.7 Å². The lowest BCUT2D eigenvalue weighted by Gasteiger charge is -2.19. The number of hydrogen-bond acceptors (Lipinski definition) is 4. The maximum atomic E-state index is 13.4. The fraction of sp³-hybridized carbons (Fsp3) is 0.292. The normalized spacial score (nSPS) is 17.8. The number of likely N-dealkylation sites (N-methyl/N-ethyl adjacent to an activating group) is 1. The number of thioether (sulfide) groups is 1. The molecule has 0 saturated carbocycles. The van der Waals surface area contributed by atoms with E-state index in [4.69, 9.17) is 0 Å². The molecule has 0 spiro atoms. The molecular formula is C24H22F3N3O2S. The Morgan fingerprint density at radius 1 is 1.21 bits per heavy atom. The number of carbonyl (C=O) groups is 2. The van der Waals surface area contributed by atoms with Crippen LogP contribution >= 0.6 is 11.8 Å². The molecule has 33 heavy (non-hydrogen) atoms. The van der Waals surface area contributed by atoms with Crippen LogP contribution in [-0.2, 0) is 22.2 Å². The third-order valence-corrected chi connectivity index (χ3v) is 6.49. The largest absolute Gasteiger partial charge is 0.416 e. The first kappa shape index (κ1) is 24.4. The Morgan fingerprint density at radius 3 is 2.42 bits per heavy atom. The minimum absolute atomic E-state index is 0.0178. The van der Waals surface area contributed by atoms with Crippen LogP contribution in [0.4, 0.5) is 18.9 Å². The summed E-state index contributed by atoms with van der Waals surface area (Å²) in [5, 5.41) is 11.4. The average Bonchev–Trinajstić information content (AvgIpc) is 3.09. The van der Waals surface area contributed by atoms with Gasteiger partial charge in [0.25, 0.3) is 5.91 Å². The molecule has 0 aromatic heterocycles. The summed E-state index contributed by atoms with van der Waals surface area (Å²) < 4.78 is 39.3. The second-order valence-electron chi connectivity index (χ2n) is 7.80. The molecule has 0 radical (unpaired) electrons. The number of amides is 2. The van der Waals surface area contributed by atoms with Gasteiger partial charge in [0.1, 0.15) is 16.7 Å². The van der Waals surface area contributed by atoms with E-state index in [9.17, 15) is 28.0 Å². The molecular weight excluding hydrogens is 451 g/mol. The monoisotopic (exact) mass is 473 g/mol. The highest BCUT2D eigenvalue weighted by Crippen LogP contribution is 2.42. The molecule has 9 heteroatoms. The van der Waals surface area contributed by atoms with E-state index < -0.39 is 28.8 Å². The van der Waals surface area contributed by atoms with E-state index >= 15 is 0 Å². The standard InChI is InChI=1S/C24H22F3N3O2S/c1-14(2)16-7-9-18(10-8-16)30-22(32)20(33-23(30)19(13-28)21(31)29-3)12-15-5-4-6-17(11-15)24(25,26)27/h4-11,14,20H,12H2,1-3H3,(H,29,31)/b23-19-. The summed E-state index contributed by atoms with van der Waals surface area (Å²) in [4.78, 5) is 27.0. The summed E-state index contributed by atoms with van der Waals surface area (Å²) in [6, 6.07) is 13.9. The summed E-state index contributed by atoms with van der Waals surface area (Å²) in [6.45, 7) is 4.06. The van der Waals surface area contributed by atoms with Crippen LogP contribution in [0, 0.1) is 11.3 Å². The van der Waals surface area contributed by atoms with E-state index in [-0.39, 0.29) is 22.9 Å². The van der Waals surface area contributed by atoms with E-state index in [0.29, 0.717) is 11.3 Å². The maximum Gasteiger partial charge on any atom is 0.416 e. The van der Waals surface area contributed by atoms with E-state index in [2.05, 4.69) is 5.32 Å². The number of carbonyl (C=O) groups excluding carboxylic acids is 2. The molecule has 1 atom stereocenters. The second-order valence-corrected chi connectivity index (χ2v) is 8.99. The third-order valence-electron chi connectivity index (χ3n) is 5.23. The van der Waals surface area contributed by atoms with E-state index in [0.717, 1.165) is 29.5 Å². The van der Waals surface area contributed by atoms with Crippen LogP contribution in [-0.4, -0.2) is 24.1 Å². The molecule has 1 N–H and O–H groups in total. The average molecular weight is 474 g/mol. The Balaban J connectivity index is 2.02. The van der Waals surface area contributed by atoms with Crippen molar-refractivity contribution in [1.82, 2.24) is 5.32 Å². The van der Waals surface area contributed by atoms with Crippen LogP contribution in [0.3, 0.4) is 0 Å². The highest BCUT2D eigenvalue weighted by atomic mass is 32.2. The van der Waals surface area contributed by atoms with E-state index in [1.807, 2.05) is 32.0 Å². The molecule has 3 rings (SSSR count). The molecule has 0 bridgehead atoms. The number of nitrogens with zero attached hydrogens (tertiary/aromatic N) is 2. The summed E-state index contributed by atoms with van der Waals surface area (Å²) in [6.07, 6.45) is -4.48. The molecule has 5 nitrogen and oxygen atoms in total. The number of alkyl halides is 3. The molecule has 1 heterocycles. The molecule has 1 aliphatic rings. The molecule has 1 fully saturated rings. The van der Waals surface area contributed by atoms with Crippen LogP contribution in [0.25, 0.3) is 0 Å². The van der Waals surface area contributed by atoms with E-state index in [1.54, 1.807) is 12.1 Å². The SMILES string of the molecule is CNC(=O)/C(C#N)=C1\SC(Cc2cccc(C(F)(F)F)c2)C(=O)N1c1ccc(C(C)C)cc1. The zero-order chi connectivity index (χ0) is 24.3. The number of hydrogen-bond donors (Lipinski definition) is 1.